The Bertz CT molecular complexity index is 1080. The molecule has 0 radical (unpaired) electrons. The number of benzene rings is 2. The Morgan fingerprint density at radius 1 is 1.15 bits per heavy atom. The van der Waals surface area contributed by atoms with E-state index in [2.05, 4.69) is 21.7 Å². The molecule has 0 aromatic heterocycles. The summed E-state index contributed by atoms with van der Waals surface area (Å²) in [6.45, 7) is 6.33. The fourth-order valence-electron chi connectivity index (χ4n) is 3.84. The van der Waals surface area contributed by atoms with Gasteiger partial charge < -0.3 is 24.5 Å². The quantitative estimate of drug-likeness (QED) is 0.460. The summed E-state index contributed by atoms with van der Waals surface area (Å²) in [5.41, 5.74) is 4.07. The fourth-order valence-corrected chi connectivity index (χ4v) is 3.84. The van der Waals surface area contributed by atoms with Crippen LogP contribution in [0.5, 0.6) is 11.5 Å². The van der Waals surface area contributed by atoms with Crippen LogP contribution in [0.4, 0.5) is 0 Å². The van der Waals surface area contributed by atoms with Crippen molar-refractivity contribution in [3.63, 3.8) is 0 Å². The molecule has 2 aromatic carbocycles. The topological polar surface area (TPSA) is 90.7 Å². The number of hydrogen-bond acceptors (Lipinski definition) is 7. The summed E-state index contributed by atoms with van der Waals surface area (Å²) in [7, 11) is 4.49. The summed E-state index contributed by atoms with van der Waals surface area (Å²) >= 11 is 0. The third-order valence-electron chi connectivity index (χ3n) is 5.28. The van der Waals surface area contributed by atoms with E-state index >= 15 is 0 Å². The molecule has 0 bridgehead atoms. The molecule has 1 amide bonds. The van der Waals surface area contributed by atoms with Crippen LogP contribution >= 0.6 is 0 Å². The number of carbonyl (C=O) groups is 1. The van der Waals surface area contributed by atoms with Gasteiger partial charge in [-0.2, -0.15) is 0 Å². The third-order valence-corrected chi connectivity index (χ3v) is 5.28. The summed E-state index contributed by atoms with van der Waals surface area (Å²) < 4.78 is 12.5. The lowest BCUT2D eigenvalue weighted by Gasteiger charge is -2.19. The van der Waals surface area contributed by atoms with Gasteiger partial charge in [-0.15, -0.1) is 0 Å². The van der Waals surface area contributed by atoms with Crippen molar-refractivity contribution in [2.75, 3.05) is 21.3 Å². The van der Waals surface area contributed by atoms with Crippen molar-refractivity contribution in [1.29, 1.82) is 0 Å². The lowest BCUT2D eigenvalue weighted by molar-refractivity contribution is -0.114. The maximum absolute atomic E-state index is 12.4. The highest BCUT2D eigenvalue weighted by Gasteiger charge is 2.33. The summed E-state index contributed by atoms with van der Waals surface area (Å²) in [4.78, 5) is 22.3. The molecule has 0 aliphatic carbocycles. The number of amides is 1. The van der Waals surface area contributed by atoms with Gasteiger partial charge in [-0.25, -0.2) is 0 Å². The van der Waals surface area contributed by atoms with Crippen LogP contribution in [-0.4, -0.2) is 44.2 Å². The minimum absolute atomic E-state index is 0.177. The molecule has 0 spiro atoms. The van der Waals surface area contributed by atoms with Gasteiger partial charge in [0.2, 0.25) is 0 Å². The lowest BCUT2D eigenvalue weighted by Crippen LogP contribution is -2.29. The van der Waals surface area contributed by atoms with Crippen molar-refractivity contribution < 1.29 is 23.9 Å². The zero-order valence-electron chi connectivity index (χ0n) is 20.0. The zero-order valence-corrected chi connectivity index (χ0v) is 20.0. The Kier molecular flexibility index (Phi) is 7.58. The second-order valence-corrected chi connectivity index (χ2v) is 8.22. The molecule has 0 saturated carbocycles. The minimum atomic E-state index is -0.347. The van der Waals surface area contributed by atoms with E-state index in [9.17, 15) is 4.79 Å². The Hall–Kier alpha value is -3.55. The number of nitrogens with zero attached hydrogens (tertiary/aromatic N) is 2. The average Bonchev–Trinajstić information content (AvgIpc) is 3.13. The number of oxime groups is 2. The number of likely N-dealkylation sites (N-methyl/N-ethyl adjacent to an activating group) is 1. The first kappa shape index (κ1) is 24.1. The van der Waals surface area contributed by atoms with E-state index in [1.54, 1.807) is 7.05 Å². The molecule has 176 valence electrons. The van der Waals surface area contributed by atoms with Crippen molar-refractivity contribution in [2.45, 2.75) is 45.8 Å². The number of ether oxygens (including phenoxy) is 2. The molecule has 0 fully saturated rings. The van der Waals surface area contributed by atoms with Crippen molar-refractivity contribution in [3.05, 3.63) is 58.7 Å². The SMILES string of the molecule is CC/C(=N\OC)c1cc2c(c(OCc3ccccc3/C(=N\OC)C(=O)NC)c1)OC(C)(C)C2. The highest BCUT2D eigenvalue weighted by atomic mass is 16.6. The highest BCUT2D eigenvalue weighted by Crippen LogP contribution is 2.43. The number of hydrogen-bond donors (Lipinski definition) is 1. The minimum Gasteiger partial charge on any atom is -0.485 e. The largest absolute Gasteiger partial charge is 0.485 e. The third kappa shape index (κ3) is 5.45. The Morgan fingerprint density at radius 2 is 1.88 bits per heavy atom. The first-order valence-corrected chi connectivity index (χ1v) is 10.8. The van der Waals surface area contributed by atoms with Crippen LogP contribution in [0.2, 0.25) is 0 Å². The first-order valence-electron chi connectivity index (χ1n) is 10.8. The normalized spacial score (nSPS) is 14.8. The van der Waals surface area contributed by atoms with Crippen LogP contribution in [0.3, 0.4) is 0 Å². The molecule has 1 aliphatic heterocycles. The molecular formula is C25H31N3O5. The smallest absolute Gasteiger partial charge is 0.273 e. The van der Waals surface area contributed by atoms with Gasteiger partial charge in [-0.05, 0) is 38.0 Å². The Morgan fingerprint density at radius 3 is 2.55 bits per heavy atom. The molecule has 0 unspecified atom stereocenters. The van der Waals surface area contributed by atoms with Gasteiger partial charge in [0.05, 0.1) is 5.71 Å². The van der Waals surface area contributed by atoms with E-state index in [0.29, 0.717) is 17.7 Å². The Balaban J connectivity index is 1.99. The molecule has 1 heterocycles. The zero-order chi connectivity index (χ0) is 24.0. The van der Waals surface area contributed by atoms with Crippen LogP contribution in [0.1, 0.15) is 49.4 Å². The van der Waals surface area contributed by atoms with Crippen molar-refractivity contribution in [3.8, 4) is 11.5 Å². The highest BCUT2D eigenvalue weighted by molar-refractivity contribution is 6.45. The van der Waals surface area contributed by atoms with Crippen LogP contribution in [0, 0.1) is 0 Å². The molecule has 0 saturated heterocycles. The summed E-state index contributed by atoms with van der Waals surface area (Å²) in [5, 5.41) is 10.7. The molecule has 1 aliphatic rings. The van der Waals surface area contributed by atoms with Crippen LogP contribution < -0.4 is 14.8 Å². The van der Waals surface area contributed by atoms with Crippen LogP contribution in [0.25, 0.3) is 0 Å². The summed E-state index contributed by atoms with van der Waals surface area (Å²) in [5.74, 6) is 0.997. The van der Waals surface area contributed by atoms with E-state index in [4.69, 9.17) is 19.1 Å². The fraction of sp³-hybridized carbons (Fsp3) is 0.400. The monoisotopic (exact) mass is 453 g/mol. The van der Waals surface area contributed by atoms with E-state index in [1.807, 2.05) is 51.1 Å². The summed E-state index contributed by atoms with van der Waals surface area (Å²) in [6, 6.07) is 11.4. The second kappa shape index (κ2) is 10.4. The lowest BCUT2D eigenvalue weighted by atomic mass is 9.98. The number of rotatable bonds is 9. The Labute approximate surface area is 194 Å². The summed E-state index contributed by atoms with van der Waals surface area (Å²) in [6.07, 6.45) is 1.47. The van der Waals surface area contributed by atoms with Gasteiger partial charge in [0.15, 0.2) is 17.2 Å². The molecule has 3 rings (SSSR count). The predicted octanol–water partition coefficient (Wildman–Crippen LogP) is 3.84. The van der Waals surface area contributed by atoms with E-state index in [0.717, 1.165) is 34.6 Å². The van der Waals surface area contributed by atoms with Crippen molar-refractivity contribution in [1.82, 2.24) is 5.32 Å². The van der Waals surface area contributed by atoms with Crippen LogP contribution in [-0.2, 0) is 27.5 Å². The maximum Gasteiger partial charge on any atom is 0.273 e. The number of fused-ring (bicyclic) bond motifs is 1. The predicted molar refractivity (Wildman–Crippen MR) is 127 cm³/mol. The molecule has 8 nitrogen and oxygen atoms in total. The average molecular weight is 454 g/mol. The van der Waals surface area contributed by atoms with Gasteiger partial charge >= 0.3 is 0 Å². The van der Waals surface area contributed by atoms with Crippen molar-refractivity contribution >= 4 is 17.3 Å². The molecule has 2 aromatic rings. The number of nitrogens with one attached hydrogen (secondary N) is 1. The molecule has 0 atom stereocenters. The molecule has 8 heteroatoms. The van der Waals surface area contributed by atoms with Gasteiger partial charge in [0.1, 0.15) is 26.4 Å². The first-order chi connectivity index (χ1) is 15.8. The van der Waals surface area contributed by atoms with Gasteiger partial charge in [-0.3, -0.25) is 4.79 Å². The maximum atomic E-state index is 12.4. The van der Waals surface area contributed by atoms with E-state index in [-0.39, 0.29) is 23.8 Å². The van der Waals surface area contributed by atoms with Gasteiger partial charge in [0.25, 0.3) is 5.91 Å². The second-order valence-electron chi connectivity index (χ2n) is 8.22. The standard InChI is InChI=1S/C25H31N3O5/c1-7-20(27-30-5)17-12-18-14-25(2,3)33-23(18)21(13-17)32-15-16-10-8-9-11-19(16)22(28-31-6)24(29)26-4/h8-13H,7,14-15H2,1-6H3,(H,26,29)/b27-20+,28-22+. The van der Waals surface area contributed by atoms with Crippen LogP contribution in [0.15, 0.2) is 46.7 Å². The number of carbonyl (C=O) groups excluding carboxylic acids is 1. The van der Waals surface area contributed by atoms with Gasteiger partial charge in [-0.1, -0.05) is 41.5 Å². The van der Waals surface area contributed by atoms with E-state index in [1.165, 1.54) is 14.2 Å². The van der Waals surface area contributed by atoms with Crippen molar-refractivity contribution in [2.24, 2.45) is 10.3 Å². The molecule has 33 heavy (non-hydrogen) atoms. The van der Waals surface area contributed by atoms with Gasteiger partial charge in [0, 0.05) is 30.2 Å². The molecular weight excluding hydrogens is 422 g/mol. The molecule has 1 N–H and O–H groups in total. The van der Waals surface area contributed by atoms with E-state index < -0.39 is 0 Å².